The first-order chi connectivity index (χ1) is 12.2. The number of fused-ring (bicyclic) bond motifs is 2. The molecule has 2 aliphatic heterocycles. The molecule has 6 nitrogen and oxygen atoms in total. The van der Waals surface area contributed by atoms with E-state index in [1.54, 1.807) is 0 Å². The molecule has 2 fully saturated rings. The van der Waals surface area contributed by atoms with Crippen LogP contribution in [-0.2, 0) is 0 Å². The number of aryl methyl sites for hydroxylation is 1. The van der Waals surface area contributed by atoms with E-state index in [1.807, 2.05) is 29.9 Å². The Labute approximate surface area is 154 Å². The van der Waals surface area contributed by atoms with E-state index in [9.17, 15) is 0 Å². The molecule has 128 valence electrons. The summed E-state index contributed by atoms with van der Waals surface area (Å²) in [5.74, 6) is 3.59. The first kappa shape index (κ1) is 15.1. The molecule has 0 N–H and O–H groups in total. The van der Waals surface area contributed by atoms with Crippen molar-refractivity contribution in [3.8, 4) is 0 Å². The minimum absolute atomic E-state index is 0.671. The Kier molecular flexibility index (Phi) is 3.45. The van der Waals surface area contributed by atoms with Crippen molar-refractivity contribution in [3.05, 3.63) is 46.8 Å². The first-order valence-corrected chi connectivity index (χ1v) is 9.39. The highest BCUT2D eigenvalue weighted by Crippen LogP contribution is 2.35. The molecule has 7 heteroatoms. The van der Waals surface area contributed by atoms with E-state index in [4.69, 9.17) is 0 Å². The molecule has 2 aliphatic rings. The average molecular weight is 399 g/mol. The molecule has 0 spiro atoms. The van der Waals surface area contributed by atoms with Crippen molar-refractivity contribution in [2.75, 3.05) is 36.0 Å². The van der Waals surface area contributed by atoms with Gasteiger partial charge in [-0.1, -0.05) is 0 Å². The lowest BCUT2D eigenvalue weighted by Gasteiger charge is -2.24. The summed E-state index contributed by atoms with van der Waals surface area (Å²) in [7, 11) is 0. The van der Waals surface area contributed by atoms with Crippen LogP contribution in [0.25, 0.3) is 5.65 Å². The van der Waals surface area contributed by atoms with Crippen LogP contribution in [0.5, 0.6) is 0 Å². The van der Waals surface area contributed by atoms with Crippen molar-refractivity contribution in [1.29, 1.82) is 0 Å². The second kappa shape index (κ2) is 5.69. The van der Waals surface area contributed by atoms with Gasteiger partial charge in [-0.15, -0.1) is 0 Å². The van der Waals surface area contributed by atoms with Gasteiger partial charge in [-0.05, 0) is 35.0 Å². The van der Waals surface area contributed by atoms with E-state index < -0.39 is 0 Å². The standard InChI is InChI=1S/C18H19BrN6/c1-12-6-18(25-17(22-12)4-5-21-25)24-10-13-8-23(9-14(13)11-24)16-3-2-15(19)7-20-16/h2-7,13-14H,8-11H2,1H3. The van der Waals surface area contributed by atoms with Crippen LogP contribution >= 0.6 is 15.9 Å². The summed E-state index contributed by atoms with van der Waals surface area (Å²) < 4.78 is 2.99. The number of nitrogens with zero attached hydrogens (tertiary/aromatic N) is 6. The van der Waals surface area contributed by atoms with E-state index >= 15 is 0 Å². The number of pyridine rings is 1. The zero-order chi connectivity index (χ0) is 17.0. The van der Waals surface area contributed by atoms with Gasteiger partial charge in [0.25, 0.3) is 0 Å². The average Bonchev–Trinajstić information content (AvgIpc) is 3.28. The Morgan fingerprint density at radius 1 is 1.04 bits per heavy atom. The van der Waals surface area contributed by atoms with Gasteiger partial charge < -0.3 is 9.80 Å². The third-order valence-electron chi connectivity index (χ3n) is 5.31. The predicted molar refractivity (Wildman–Crippen MR) is 101 cm³/mol. The van der Waals surface area contributed by atoms with E-state index in [0.717, 1.165) is 53.6 Å². The van der Waals surface area contributed by atoms with Gasteiger partial charge in [0.1, 0.15) is 11.6 Å². The third kappa shape index (κ3) is 2.57. The lowest BCUT2D eigenvalue weighted by Crippen LogP contribution is -2.30. The minimum atomic E-state index is 0.671. The quantitative estimate of drug-likeness (QED) is 0.664. The minimum Gasteiger partial charge on any atom is -0.356 e. The number of halogens is 1. The van der Waals surface area contributed by atoms with Gasteiger partial charge in [0, 0.05) is 66.5 Å². The smallest absolute Gasteiger partial charge is 0.157 e. The van der Waals surface area contributed by atoms with Gasteiger partial charge in [-0.25, -0.2) is 9.97 Å². The number of hydrogen-bond donors (Lipinski definition) is 0. The third-order valence-corrected chi connectivity index (χ3v) is 5.78. The second-order valence-corrected chi connectivity index (χ2v) is 7.94. The fourth-order valence-electron chi connectivity index (χ4n) is 4.17. The molecule has 5 heterocycles. The van der Waals surface area contributed by atoms with Crippen LogP contribution in [0.15, 0.2) is 41.1 Å². The van der Waals surface area contributed by atoms with E-state index in [0.29, 0.717) is 11.8 Å². The fraction of sp³-hybridized carbons (Fsp3) is 0.389. The second-order valence-electron chi connectivity index (χ2n) is 7.02. The molecule has 2 saturated heterocycles. The summed E-state index contributed by atoms with van der Waals surface area (Å²) in [5.41, 5.74) is 1.97. The molecule has 0 bridgehead atoms. The SMILES string of the molecule is Cc1cc(N2CC3CN(c4ccc(Br)cn4)CC3C2)n2nccc2n1. The maximum absolute atomic E-state index is 4.55. The van der Waals surface area contributed by atoms with Gasteiger partial charge in [0.05, 0.1) is 6.20 Å². The van der Waals surface area contributed by atoms with Crippen molar-refractivity contribution >= 4 is 33.2 Å². The van der Waals surface area contributed by atoms with Crippen LogP contribution in [0.1, 0.15) is 5.69 Å². The molecule has 3 aromatic heterocycles. The van der Waals surface area contributed by atoms with Gasteiger partial charge >= 0.3 is 0 Å². The maximum atomic E-state index is 4.55. The summed E-state index contributed by atoms with van der Waals surface area (Å²) in [6, 6.07) is 8.28. The molecular formula is C18H19BrN6. The lowest BCUT2D eigenvalue weighted by molar-refractivity contribution is 0.533. The zero-order valence-corrected chi connectivity index (χ0v) is 15.6. The van der Waals surface area contributed by atoms with Gasteiger partial charge in [0.15, 0.2) is 5.65 Å². The molecular weight excluding hydrogens is 380 g/mol. The van der Waals surface area contributed by atoms with Crippen LogP contribution in [-0.4, -0.2) is 45.8 Å². The van der Waals surface area contributed by atoms with Crippen LogP contribution in [0.4, 0.5) is 11.6 Å². The number of anilines is 2. The van der Waals surface area contributed by atoms with Crippen molar-refractivity contribution in [2.45, 2.75) is 6.92 Å². The van der Waals surface area contributed by atoms with Crippen molar-refractivity contribution in [3.63, 3.8) is 0 Å². The topological polar surface area (TPSA) is 49.6 Å². The highest BCUT2D eigenvalue weighted by atomic mass is 79.9. The molecule has 0 radical (unpaired) electrons. The van der Waals surface area contributed by atoms with Gasteiger partial charge in [-0.2, -0.15) is 9.61 Å². The van der Waals surface area contributed by atoms with Crippen molar-refractivity contribution in [1.82, 2.24) is 19.6 Å². The highest BCUT2D eigenvalue weighted by molar-refractivity contribution is 9.10. The van der Waals surface area contributed by atoms with Gasteiger partial charge in [-0.3, -0.25) is 0 Å². The molecule has 0 aromatic carbocycles. The number of hydrogen-bond acceptors (Lipinski definition) is 5. The first-order valence-electron chi connectivity index (χ1n) is 8.60. The largest absolute Gasteiger partial charge is 0.356 e. The Balaban J connectivity index is 1.37. The zero-order valence-electron chi connectivity index (χ0n) is 14.0. The van der Waals surface area contributed by atoms with Crippen LogP contribution in [0, 0.1) is 18.8 Å². The molecule has 2 atom stereocenters. The van der Waals surface area contributed by atoms with Gasteiger partial charge in [0.2, 0.25) is 0 Å². The summed E-state index contributed by atoms with van der Waals surface area (Å²) >= 11 is 3.46. The normalized spacial score (nSPS) is 22.8. The number of rotatable bonds is 2. The molecule has 25 heavy (non-hydrogen) atoms. The maximum Gasteiger partial charge on any atom is 0.157 e. The molecule has 2 unspecified atom stereocenters. The van der Waals surface area contributed by atoms with Crippen molar-refractivity contribution in [2.24, 2.45) is 11.8 Å². The number of aromatic nitrogens is 4. The summed E-state index contributed by atoms with van der Waals surface area (Å²) in [4.78, 5) is 14.0. The molecule has 3 aromatic rings. The molecule has 0 saturated carbocycles. The Hall–Kier alpha value is -2.15. The summed E-state index contributed by atoms with van der Waals surface area (Å²) in [6.45, 7) is 6.32. The van der Waals surface area contributed by atoms with Crippen LogP contribution in [0.2, 0.25) is 0 Å². The molecule has 5 rings (SSSR count). The fourth-order valence-corrected chi connectivity index (χ4v) is 4.40. The monoisotopic (exact) mass is 398 g/mol. The van der Waals surface area contributed by atoms with Crippen LogP contribution in [0.3, 0.4) is 0 Å². The predicted octanol–water partition coefficient (Wildman–Crippen LogP) is 2.77. The van der Waals surface area contributed by atoms with Crippen LogP contribution < -0.4 is 9.80 Å². The van der Waals surface area contributed by atoms with E-state index in [1.165, 1.54) is 0 Å². The molecule has 0 aliphatic carbocycles. The lowest BCUT2D eigenvalue weighted by atomic mass is 10.0. The molecule has 0 amide bonds. The Bertz CT molecular complexity index is 907. The van der Waals surface area contributed by atoms with Crippen molar-refractivity contribution < 1.29 is 0 Å². The van der Waals surface area contributed by atoms with E-state index in [-0.39, 0.29) is 0 Å². The summed E-state index contributed by atoms with van der Waals surface area (Å²) in [5, 5.41) is 4.46. The highest BCUT2D eigenvalue weighted by Gasteiger charge is 2.41. The summed E-state index contributed by atoms with van der Waals surface area (Å²) in [6.07, 6.45) is 3.70. The Morgan fingerprint density at radius 2 is 1.80 bits per heavy atom. The van der Waals surface area contributed by atoms with E-state index in [2.05, 4.69) is 59.0 Å². The Morgan fingerprint density at radius 3 is 2.52 bits per heavy atom.